The fourth-order valence-electron chi connectivity index (χ4n) is 3.93. The number of hydrogen-bond acceptors (Lipinski definition) is 9. The van der Waals surface area contributed by atoms with Gasteiger partial charge in [-0.05, 0) is 11.1 Å². The number of hydrogen-bond donors (Lipinski definition) is 2. The number of H-pyrrole nitrogens is 1. The molecule has 1 aromatic heterocycles. The second-order valence-electron chi connectivity index (χ2n) is 8.56. The number of aromatic amines is 1. The third-order valence-corrected chi connectivity index (χ3v) is 6.33. The molecule has 0 saturated carbocycles. The number of rotatable bonds is 9. The maximum absolute atomic E-state index is 14.2. The predicted molar refractivity (Wildman–Crippen MR) is 138 cm³/mol. The molecule has 2 aromatic carbocycles. The van der Waals surface area contributed by atoms with Crippen LogP contribution in [0.5, 0.6) is 0 Å². The van der Waals surface area contributed by atoms with Crippen molar-refractivity contribution in [1.82, 2.24) is 14.3 Å². The van der Waals surface area contributed by atoms with Gasteiger partial charge in [0.05, 0.1) is 38.0 Å². The van der Waals surface area contributed by atoms with Gasteiger partial charge >= 0.3 is 11.0 Å². The minimum absolute atomic E-state index is 0.0294. The van der Waals surface area contributed by atoms with Crippen LogP contribution in [-0.2, 0) is 37.0 Å². The van der Waals surface area contributed by atoms with E-state index in [4.69, 9.17) is 18.9 Å². The zero-order valence-electron chi connectivity index (χ0n) is 20.8. The summed E-state index contributed by atoms with van der Waals surface area (Å²) in [6.07, 6.45) is -3.83. The molecule has 3 aromatic rings. The summed E-state index contributed by atoms with van der Waals surface area (Å²) < 4.78 is 40.8. The minimum atomic E-state index is -1.38. The number of nitrogens with zero attached hydrogens (tertiary/aromatic N) is 1. The van der Waals surface area contributed by atoms with Gasteiger partial charge in [0.15, 0.2) is 12.3 Å². The summed E-state index contributed by atoms with van der Waals surface area (Å²) in [7, 11) is 0. The summed E-state index contributed by atoms with van der Waals surface area (Å²) in [5, 5.41) is -0.916. The largest absolute Gasteiger partial charge is 0.445 e. The molecule has 11 nitrogen and oxygen atoms in total. The lowest BCUT2D eigenvalue weighted by molar-refractivity contribution is -0.117. The van der Waals surface area contributed by atoms with Crippen LogP contribution in [0, 0.1) is 5.82 Å². The Kier molecular flexibility index (Phi) is 9.65. The summed E-state index contributed by atoms with van der Waals surface area (Å²) in [4.78, 5) is 49.9. The number of ether oxygens (including phenoxy) is 4. The Morgan fingerprint density at radius 3 is 2.31 bits per heavy atom. The highest BCUT2D eigenvalue weighted by Gasteiger charge is 2.49. The SMILES string of the molecule is CC(=O)NSC(=O)O[C@@H]1[C@H](OCc2ccccc2)[C@@H](COCc2ccccc2)O[C@H]1n1cc(F)c(=O)[nH]c1=O. The van der Waals surface area contributed by atoms with Gasteiger partial charge in [-0.2, -0.15) is 4.39 Å². The summed E-state index contributed by atoms with van der Waals surface area (Å²) in [6.45, 7) is 1.53. The normalized spacial score (nSPS) is 20.5. The maximum atomic E-state index is 14.2. The first-order valence-electron chi connectivity index (χ1n) is 11.9. The van der Waals surface area contributed by atoms with Gasteiger partial charge in [0, 0.05) is 6.92 Å². The first kappa shape index (κ1) is 28.2. The average molecular weight is 560 g/mol. The first-order valence-corrected chi connectivity index (χ1v) is 12.7. The fourth-order valence-corrected chi connectivity index (χ4v) is 4.31. The van der Waals surface area contributed by atoms with E-state index in [1.807, 2.05) is 65.6 Å². The van der Waals surface area contributed by atoms with Crippen LogP contribution in [0.25, 0.3) is 0 Å². The van der Waals surface area contributed by atoms with Gasteiger partial charge in [-0.3, -0.25) is 23.9 Å². The molecular weight excluding hydrogens is 533 g/mol. The molecule has 4 atom stereocenters. The number of amides is 1. The Balaban J connectivity index is 1.62. The Bertz CT molecular complexity index is 1390. The lowest BCUT2D eigenvalue weighted by Crippen LogP contribution is -2.42. The molecule has 0 radical (unpaired) electrons. The van der Waals surface area contributed by atoms with Crippen LogP contribution >= 0.6 is 11.9 Å². The molecule has 1 aliphatic heterocycles. The lowest BCUT2D eigenvalue weighted by atomic mass is 10.1. The number of carbonyl (C=O) groups is 2. The highest BCUT2D eigenvalue weighted by atomic mass is 32.2. The van der Waals surface area contributed by atoms with Crippen molar-refractivity contribution >= 4 is 23.2 Å². The molecular formula is C26H26FN3O8S. The molecule has 0 bridgehead atoms. The van der Waals surface area contributed by atoms with Gasteiger partial charge in [0.2, 0.25) is 11.7 Å². The Hall–Kier alpha value is -3.78. The summed E-state index contributed by atoms with van der Waals surface area (Å²) in [5.74, 6) is -1.72. The predicted octanol–water partition coefficient (Wildman–Crippen LogP) is 2.66. The fraction of sp³-hybridized carbons (Fsp3) is 0.308. The molecule has 1 amide bonds. The quantitative estimate of drug-likeness (QED) is 0.299. The molecule has 1 saturated heterocycles. The van der Waals surface area contributed by atoms with Gasteiger partial charge in [-0.25, -0.2) is 9.59 Å². The van der Waals surface area contributed by atoms with E-state index in [2.05, 4.69) is 4.72 Å². The van der Waals surface area contributed by atoms with E-state index in [0.717, 1.165) is 15.7 Å². The highest BCUT2D eigenvalue weighted by molar-refractivity contribution is 8.12. The number of aromatic nitrogens is 2. The Morgan fingerprint density at radius 2 is 1.67 bits per heavy atom. The Labute approximate surface area is 226 Å². The summed E-state index contributed by atoms with van der Waals surface area (Å²) in [5.41, 5.74) is -0.462. The smallest absolute Gasteiger partial charge is 0.388 e. The molecule has 2 heterocycles. The third kappa shape index (κ3) is 7.63. The molecule has 0 aliphatic carbocycles. The molecule has 13 heteroatoms. The number of carbonyl (C=O) groups excluding carboxylic acids is 2. The minimum Gasteiger partial charge on any atom is -0.445 e. The lowest BCUT2D eigenvalue weighted by Gasteiger charge is -2.25. The summed E-state index contributed by atoms with van der Waals surface area (Å²) >= 11 is 0.389. The highest BCUT2D eigenvalue weighted by Crippen LogP contribution is 2.35. The van der Waals surface area contributed by atoms with E-state index in [9.17, 15) is 23.6 Å². The van der Waals surface area contributed by atoms with Crippen molar-refractivity contribution in [1.29, 1.82) is 0 Å². The molecule has 0 spiro atoms. The second-order valence-corrected chi connectivity index (χ2v) is 9.30. The van der Waals surface area contributed by atoms with E-state index < -0.39 is 52.8 Å². The molecule has 2 N–H and O–H groups in total. The van der Waals surface area contributed by atoms with E-state index in [1.54, 1.807) is 0 Å². The molecule has 0 unspecified atom stereocenters. The number of nitrogens with one attached hydrogen (secondary N) is 2. The van der Waals surface area contributed by atoms with E-state index in [0.29, 0.717) is 18.1 Å². The van der Waals surface area contributed by atoms with E-state index in [-0.39, 0.29) is 19.8 Å². The zero-order chi connectivity index (χ0) is 27.8. The van der Waals surface area contributed by atoms with Crippen molar-refractivity contribution in [2.45, 2.75) is 44.7 Å². The van der Waals surface area contributed by atoms with Crippen LogP contribution in [0.15, 0.2) is 76.4 Å². The number of benzene rings is 2. The van der Waals surface area contributed by atoms with Crippen molar-refractivity contribution in [3.63, 3.8) is 0 Å². The van der Waals surface area contributed by atoms with Crippen molar-refractivity contribution < 1.29 is 32.9 Å². The van der Waals surface area contributed by atoms with Crippen LogP contribution in [0.1, 0.15) is 24.3 Å². The van der Waals surface area contributed by atoms with Gasteiger partial charge in [0.25, 0.3) is 5.56 Å². The van der Waals surface area contributed by atoms with Crippen LogP contribution in [0.3, 0.4) is 0 Å². The maximum Gasteiger partial charge on any atom is 0.388 e. The van der Waals surface area contributed by atoms with Gasteiger partial charge < -0.3 is 18.9 Å². The van der Waals surface area contributed by atoms with Crippen LogP contribution < -0.4 is 16.0 Å². The third-order valence-electron chi connectivity index (χ3n) is 5.67. The second kappa shape index (κ2) is 13.3. The zero-order valence-corrected chi connectivity index (χ0v) is 21.6. The molecule has 39 heavy (non-hydrogen) atoms. The Morgan fingerprint density at radius 1 is 1.03 bits per heavy atom. The first-order chi connectivity index (χ1) is 18.8. The van der Waals surface area contributed by atoms with Crippen molar-refractivity contribution in [3.05, 3.63) is 105 Å². The van der Waals surface area contributed by atoms with Crippen LogP contribution in [-0.4, -0.2) is 45.7 Å². The molecule has 1 aliphatic rings. The van der Waals surface area contributed by atoms with Crippen molar-refractivity contribution in [2.24, 2.45) is 0 Å². The topological polar surface area (TPSA) is 138 Å². The van der Waals surface area contributed by atoms with Crippen molar-refractivity contribution in [2.75, 3.05) is 6.61 Å². The molecule has 4 rings (SSSR count). The van der Waals surface area contributed by atoms with Crippen LogP contribution in [0.4, 0.5) is 9.18 Å². The van der Waals surface area contributed by atoms with Crippen LogP contribution in [0.2, 0.25) is 0 Å². The average Bonchev–Trinajstić information content (AvgIpc) is 3.25. The van der Waals surface area contributed by atoms with Gasteiger partial charge in [-0.1, -0.05) is 60.7 Å². The monoisotopic (exact) mass is 559 g/mol. The van der Waals surface area contributed by atoms with Crippen molar-refractivity contribution in [3.8, 4) is 0 Å². The summed E-state index contributed by atoms with van der Waals surface area (Å²) in [6, 6.07) is 18.6. The molecule has 206 valence electrons. The molecule has 1 fully saturated rings. The van der Waals surface area contributed by atoms with E-state index in [1.165, 1.54) is 6.92 Å². The standard InChI is InChI=1S/C26H26FN3O8S/c1-16(31)29-39-26(34)38-22-21(36-14-18-10-6-3-7-11-18)20(15-35-13-17-8-4-2-5-9-17)37-24(22)30-12-19(27)23(32)28-25(30)33/h2-12,20-22,24H,13-15H2,1H3,(H,29,31)(H,28,32,33)/t20-,21-,22-,24-/m1/s1. The van der Waals surface area contributed by atoms with Gasteiger partial charge in [0.1, 0.15) is 12.2 Å². The van der Waals surface area contributed by atoms with E-state index >= 15 is 0 Å². The number of halogens is 1. The van der Waals surface area contributed by atoms with Gasteiger partial charge in [-0.15, -0.1) is 0 Å².